The highest BCUT2D eigenvalue weighted by Crippen LogP contribution is 2.49. The molecule has 1 aromatic heterocycles. The van der Waals surface area contributed by atoms with Crippen molar-refractivity contribution >= 4 is 26.5 Å². The molecule has 2 aromatic carbocycles. The molecule has 0 unspecified atom stereocenters. The summed E-state index contributed by atoms with van der Waals surface area (Å²) in [6.45, 7) is 0. The minimum atomic E-state index is -3.99. The predicted octanol–water partition coefficient (Wildman–Crippen LogP) is 3.13. The maximum absolute atomic E-state index is 13.3. The molecule has 1 N–H and O–H groups in total. The Labute approximate surface area is 180 Å². The maximum Gasteiger partial charge on any atom is 0.294 e. The summed E-state index contributed by atoms with van der Waals surface area (Å²) in [4.78, 5) is 26.5. The molecule has 3 aromatic rings. The number of nitrogens with zero attached hydrogens (tertiary/aromatic N) is 2. The van der Waals surface area contributed by atoms with Crippen molar-refractivity contribution in [2.24, 2.45) is 17.8 Å². The molecule has 2 aliphatic rings. The van der Waals surface area contributed by atoms with Crippen LogP contribution in [0.2, 0.25) is 0 Å². The minimum absolute atomic E-state index is 0.0751. The third kappa shape index (κ3) is 3.54. The van der Waals surface area contributed by atoms with Gasteiger partial charge in [-0.3, -0.25) is 9.59 Å². The first-order valence-corrected chi connectivity index (χ1v) is 12.0. The predicted molar refractivity (Wildman–Crippen MR) is 116 cm³/mol. The highest BCUT2D eigenvalue weighted by atomic mass is 32.2. The van der Waals surface area contributed by atoms with E-state index in [1.165, 1.54) is 25.0 Å². The summed E-state index contributed by atoms with van der Waals surface area (Å²) in [5, 5.41) is 4.26. The quantitative estimate of drug-likeness (QED) is 0.661. The Morgan fingerprint density at radius 3 is 2.39 bits per heavy atom. The molecule has 0 saturated heterocycles. The van der Waals surface area contributed by atoms with E-state index < -0.39 is 15.4 Å². The average Bonchev–Trinajstić information content (AvgIpc) is 3.39. The SMILES string of the molecule is O=C(C[C@H]1C[C@@H]2CC[C@H]1C2)Nn1nc(S(=O)(=O)c2ccccc2)c2ccccc2c1=O. The third-order valence-corrected chi connectivity index (χ3v) is 8.35. The maximum atomic E-state index is 13.3. The molecule has 5 rings (SSSR count). The fraction of sp³-hybridized carbons (Fsp3) is 0.348. The van der Waals surface area contributed by atoms with Gasteiger partial charge >= 0.3 is 0 Å². The molecule has 2 fully saturated rings. The molecule has 2 aliphatic carbocycles. The molecular weight excluding hydrogens is 414 g/mol. The molecule has 0 radical (unpaired) electrons. The number of rotatable bonds is 5. The number of sulfone groups is 1. The van der Waals surface area contributed by atoms with Crippen molar-refractivity contribution in [3.8, 4) is 0 Å². The average molecular weight is 438 g/mol. The van der Waals surface area contributed by atoms with Gasteiger partial charge in [-0.25, -0.2) is 13.8 Å². The van der Waals surface area contributed by atoms with E-state index in [0.717, 1.165) is 17.6 Å². The Kier molecular flexibility index (Phi) is 4.89. The molecule has 160 valence electrons. The van der Waals surface area contributed by atoms with Crippen LogP contribution < -0.4 is 11.0 Å². The van der Waals surface area contributed by atoms with E-state index in [-0.39, 0.29) is 26.6 Å². The molecule has 0 aliphatic heterocycles. The lowest BCUT2D eigenvalue weighted by atomic mass is 9.86. The van der Waals surface area contributed by atoms with Crippen molar-refractivity contribution in [2.75, 3.05) is 5.43 Å². The standard InChI is InChI=1S/C23H23N3O4S/c27-21(14-17-13-15-10-11-16(17)12-15)24-26-23(28)20-9-5-4-8-19(20)22(25-26)31(29,30)18-6-2-1-3-7-18/h1-9,15-17H,10-14H2,(H,24,27)/t15-,16+,17-/m1/s1. The number of fused-ring (bicyclic) bond motifs is 3. The van der Waals surface area contributed by atoms with Crippen LogP contribution in [0.3, 0.4) is 0 Å². The monoisotopic (exact) mass is 437 g/mol. The van der Waals surface area contributed by atoms with Crippen molar-refractivity contribution in [3.63, 3.8) is 0 Å². The molecule has 1 amide bonds. The van der Waals surface area contributed by atoms with E-state index in [1.807, 2.05) is 0 Å². The number of carbonyl (C=O) groups is 1. The van der Waals surface area contributed by atoms with Crippen LogP contribution in [0.5, 0.6) is 0 Å². The second kappa shape index (κ2) is 7.60. The van der Waals surface area contributed by atoms with Crippen molar-refractivity contribution in [3.05, 3.63) is 65.0 Å². The first-order valence-electron chi connectivity index (χ1n) is 10.6. The summed E-state index contributed by atoms with van der Waals surface area (Å²) in [6, 6.07) is 14.4. The largest absolute Gasteiger partial charge is 0.294 e. The van der Waals surface area contributed by atoms with Crippen LogP contribution in [0.25, 0.3) is 10.8 Å². The van der Waals surface area contributed by atoms with Gasteiger partial charge in [-0.15, -0.1) is 9.89 Å². The molecule has 7 nitrogen and oxygen atoms in total. The Morgan fingerprint density at radius 1 is 1.00 bits per heavy atom. The fourth-order valence-corrected chi connectivity index (χ4v) is 6.57. The number of benzene rings is 2. The van der Waals surface area contributed by atoms with Crippen LogP contribution in [0.15, 0.2) is 69.3 Å². The summed E-state index contributed by atoms with van der Waals surface area (Å²) >= 11 is 0. The highest BCUT2D eigenvalue weighted by Gasteiger charge is 2.40. The van der Waals surface area contributed by atoms with Gasteiger partial charge < -0.3 is 0 Å². The van der Waals surface area contributed by atoms with Crippen LogP contribution in [-0.2, 0) is 14.6 Å². The number of carbonyl (C=O) groups excluding carboxylic acids is 1. The molecule has 2 saturated carbocycles. The van der Waals surface area contributed by atoms with E-state index in [4.69, 9.17) is 0 Å². The minimum Gasteiger partial charge on any atom is -0.273 e. The Morgan fingerprint density at radius 2 is 1.71 bits per heavy atom. The van der Waals surface area contributed by atoms with Gasteiger partial charge in [0.25, 0.3) is 5.56 Å². The molecular formula is C23H23N3O4S. The number of hydrogen-bond donors (Lipinski definition) is 1. The lowest BCUT2D eigenvalue weighted by Crippen LogP contribution is -2.37. The fourth-order valence-electron chi connectivity index (χ4n) is 5.17. The normalized spacial score (nSPS) is 22.6. The molecule has 8 heteroatoms. The zero-order valence-electron chi connectivity index (χ0n) is 16.9. The first kappa shape index (κ1) is 19.9. The summed E-state index contributed by atoms with van der Waals surface area (Å²) in [6.07, 6.45) is 4.96. The van der Waals surface area contributed by atoms with Gasteiger partial charge in [0.15, 0.2) is 5.03 Å². The number of amides is 1. The third-order valence-electron chi connectivity index (χ3n) is 6.64. The van der Waals surface area contributed by atoms with Crippen molar-refractivity contribution in [1.82, 2.24) is 9.89 Å². The summed E-state index contributed by atoms with van der Waals surface area (Å²) < 4.78 is 26.5. The first-order chi connectivity index (χ1) is 14.9. The Bertz CT molecular complexity index is 1320. The smallest absolute Gasteiger partial charge is 0.273 e. The van der Waals surface area contributed by atoms with Gasteiger partial charge in [-0.1, -0.05) is 42.8 Å². The number of nitrogens with one attached hydrogen (secondary N) is 1. The van der Waals surface area contributed by atoms with E-state index >= 15 is 0 Å². The number of aromatic nitrogens is 2. The van der Waals surface area contributed by atoms with E-state index in [1.54, 1.807) is 42.5 Å². The van der Waals surface area contributed by atoms with Crippen LogP contribution in [0, 0.1) is 17.8 Å². The van der Waals surface area contributed by atoms with Gasteiger partial charge in [0.05, 0.1) is 10.3 Å². The van der Waals surface area contributed by atoms with Gasteiger partial charge in [0, 0.05) is 11.8 Å². The zero-order valence-corrected chi connectivity index (χ0v) is 17.7. The summed E-state index contributed by atoms with van der Waals surface area (Å²) in [7, 11) is -3.99. The highest BCUT2D eigenvalue weighted by molar-refractivity contribution is 7.91. The molecule has 31 heavy (non-hydrogen) atoms. The van der Waals surface area contributed by atoms with Crippen molar-refractivity contribution < 1.29 is 13.2 Å². The van der Waals surface area contributed by atoms with E-state index in [0.29, 0.717) is 24.2 Å². The lowest BCUT2D eigenvalue weighted by Gasteiger charge is -2.21. The Balaban J connectivity index is 1.53. The van der Waals surface area contributed by atoms with Crippen LogP contribution >= 0.6 is 0 Å². The molecule has 2 bridgehead atoms. The lowest BCUT2D eigenvalue weighted by molar-refractivity contribution is -0.118. The molecule has 0 spiro atoms. The van der Waals surface area contributed by atoms with Gasteiger partial charge in [-0.2, -0.15) is 0 Å². The van der Waals surface area contributed by atoms with Crippen LogP contribution in [-0.4, -0.2) is 24.2 Å². The Hall–Kier alpha value is -3.00. The topological polar surface area (TPSA) is 98.1 Å². The number of hydrogen-bond acceptors (Lipinski definition) is 5. The summed E-state index contributed by atoms with van der Waals surface area (Å²) in [5.41, 5.74) is 1.99. The van der Waals surface area contributed by atoms with Gasteiger partial charge in [0.1, 0.15) is 0 Å². The van der Waals surface area contributed by atoms with E-state index in [2.05, 4.69) is 10.5 Å². The van der Waals surface area contributed by atoms with Crippen LogP contribution in [0.4, 0.5) is 0 Å². The second-order valence-corrected chi connectivity index (χ2v) is 10.4. The summed E-state index contributed by atoms with van der Waals surface area (Å²) in [5.74, 6) is 1.30. The van der Waals surface area contributed by atoms with Gasteiger partial charge in [0.2, 0.25) is 15.7 Å². The van der Waals surface area contributed by atoms with Crippen molar-refractivity contribution in [2.45, 2.75) is 42.0 Å². The van der Waals surface area contributed by atoms with Crippen LogP contribution in [0.1, 0.15) is 32.1 Å². The molecule has 3 atom stereocenters. The second-order valence-electron chi connectivity index (χ2n) is 8.56. The molecule has 1 heterocycles. The zero-order chi connectivity index (χ0) is 21.6. The van der Waals surface area contributed by atoms with E-state index in [9.17, 15) is 18.0 Å². The van der Waals surface area contributed by atoms with Gasteiger partial charge in [-0.05, 0) is 55.2 Å². The van der Waals surface area contributed by atoms with Crippen molar-refractivity contribution in [1.29, 1.82) is 0 Å².